The second-order valence-electron chi connectivity index (χ2n) is 15.1. The Morgan fingerprint density at radius 1 is 0.843 bits per heavy atom. The van der Waals surface area contributed by atoms with E-state index in [1.165, 1.54) is 12.1 Å². The summed E-state index contributed by atoms with van der Waals surface area (Å²) >= 11 is 0. The molecule has 2 saturated heterocycles. The lowest BCUT2D eigenvalue weighted by molar-refractivity contribution is 0.0139. The van der Waals surface area contributed by atoms with Crippen LogP contribution in [0.5, 0.6) is 0 Å². The van der Waals surface area contributed by atoms with Crippen molar-refractivity contribution in [2.24, 2.45) is 0 Å². The van der Waals surface area contributed by atoms with E-state index in [4.69, 9.17) is 14.5 Å². The molecule has 272 valence electrons. The van der Waals surface area contributed by atoms with Gasteiger partial charge in [-0.15, -0.1) is 0 Å². The van der Waals surface area contributed by atoms with E-state index in [2.05, 4.69) is 20.2 Å². The molecule has 0 radical (unpaired) electrons. The molecule has 2 aliphatic rings. The first-order valence-electron chi connectivity index (χ1n) is 17.3. The minimum absolute atomic E-state index is 0.0457. The van der Waals surface area contributed by atoms with Crippen LogP contribution in [0.1, 0.15) is 60.2 Å². The quantitative estimate of drug-likeness (QED) is 0.236. The third-order valence-electron chi connectivity index (χ3n) is 8.88. The number of hydrogen-bond donors (Lipinski definition) is 1. The molecular weight excluding hydrogens is 658 g/mol. The number of anilines is 2. The second kappa shape index (κ2) is 14.0. The average Bonchev–Trinajstić information content (AvgIpc) is 3.38. The van der Waals surface area contributed by atoms with Crippen LogP contribution in [0.2, 0.25) is 0 Å². The summed E-state index contributed by atoms with van der Waals surface area (Å²) in [5, 5.41) is 2.64. The second-order valence-corrected chi connectivity index (χ2v) is 15.1. The van der Waals surface area contributed by atoms with Gasteiger partial charge in [-0.3, -0.25) is 14.8 Å². The number of hydrogen-bond acceptors (Lipinski definition) is 9. The number of carbonyl (C=O) groups is 2. The standard InChI is InChI=1S/C37H46F2N8O4/c1-23-41-30-9-8-29(24-10-13-40-31(20-24)43-34(48)50-36(2,3)4)42-33(30)47(23)26-21-27(38)32(28(39)22-26)45-18-16-44(17-19-45)25-11-14-46(15-12-25)35(49)51-37(5,6)7/h8-10,13,20-22,25H,11-12,14-19H2,1-7H3,(H,40,43,48). The molecule has 5 heterocycles. The highest BCUT2D eigenvalue weighted by Gasteiger charge is 2.32. The summed E-state index contributed by atoms with van der Waals surface area (Å²) in [7, 11) is 0. The van der Waals surface area contributed by atoms with Gasteiger partial charge in [0.15, 0.2) is 17.3 Å². The molecule has 1 N–H and O–H groups in total. The lowest BCUT2D eigenvalue weighted by Crippen LogP contribution is -2.54. The smallest absolute Gasteiger partial charge is 0.413 e. The number of piperidine rings is 1. The zero-order valence-corrected chi connectivity index (χ0v) is 30.3. The monoisotopic (exact) mass is 704 g/mol. The van der Waals surface area contributed by atoms with E-state index in [-0.39, 0.29) is 23.3 Å². The molecule has 0 bridgehead atoms. The van der Waals surface area contributed by atoms with Crippen molar-refractivity contribution in [1.82, 2.24) is 29.3 Å². The topological polar surface area (TPSA) is 118 Å². The van der Waals surface area contributed by atoms with Crippen molar-refractivity contribution in [3.8, 4) is 16.9 Å². The highest BCUT2D eigenvalue weighted by atomic mass is 19.1. The molecule has 14 heteroatoms. The van der Waals surface area contributed by atoms with Gasteiger partial charge < -0.3 is 19.3 Å². The van der Waals surface area contributed by atoms with E-state index in [1.807, 2.05) is 20.8 Å². The van der Waals surface area contributed by atoms with Crippen LogP contribution in [0.3, 0.4) is 0 Å². The Balaban J connectivity index is 1.15. The van der Waals surface area contributed by atoms with E-state index in [0.29, 0.717) is 73.6 Å². The Bertz CT molecular complexity index is 1900. The fourth-order valence-corrected chi connectivity index (χ4v) is 6.64. The van der Waals surface area contributed by atoms with Crippen molar-refractivity contribution in [3.63, 3.8) is 0 Å². The van der Waals surface area contributed by atoms with Gasteiger partial charge in [0.2, 0.25) is 0 Å². The predicted octanol–water partition coefficient (Wildman–Crippen LogP) is 6.94. The number of nitrogens with one attached hydrogen (secondary N) is 1. The molecule has 2 aliphatic heterocycles. The number of benzene rings is 1. The number of likely N-dealkylation sites (tertiary alicyclic amines) is 1. The van der Waals surface area contributed by atoms with E-state index in [9.17, 15) is 9.59 Å². The molecule has 2 fully saturated rings. The Labute approximate surface area is 296 Å². The first-order chi connectivity index (χ1) is 24.0. The highest BCUT2D eigenvalue weighted by molar-refractivity contribution is 5.85. The van der Waals surface area contributed by atoms with Crippen LogP contribution < -0.4 is 10.2 Å². The summed E-state index contributed by atoms with van der Waals surface area (Å²) in [5.74, 6) is -0.506. The van der Waals surface area contributed by atoms with Gasteiger partial charge in [-0.05, 0) is 85.6 Å². The zero-order valence-electron chi connectivity index (χ0n) is 30.3. The fraction of sp³-hybridized carbons (Fsp3) is 0.486. The van der Waals surface area contributed by atoms with Crippen LogP contribution in [-0.2, 0) is 9.47 Å². The molecule has 4 aromatic rings. The van der Waals surface area contributed by atoms with E-state index < -0.39 is 28.9 Å². The predicted molar refractivity (Wildman–Crippen MR) is 191 cm³/mol. The van der Waals surface area contributed by atoms with Crippen molar-refractivity contribution in [3.05, 3.63) is 60.1 Å². The van der Waals surface area contributed by atoms with Crippen LogP contribution in [0.15, 0.2) is 42.6 Å². The fourth-order valence-electron chi connectivity index (χ4n) is 6.64. The average molecular weight is 705 g/mol. The molecule has 0 aliphatic carbocycles. The number of aryl methyl sites for hydroxylation is 1. The summed E-state index contributed by atoms with van der Waals surface area (Å²) in [4.78, 5) is 44.3. The number of aromatic nitrogens is 4. The molecule has 1 aromatic carbocycles. The SMILES string of the molecule is Cc1nc2ccc(-c3ccnc(NC(=O)OC(C)(C)C)c3)nc2n1-c1cc(F)c(N2CCN(C3CCN(C(=O)OC(C)(C)C)CC3)CC2)c(F)c1. The maximum absolute atomic E-state index is 15.9. The summed E-state index contributed by atoms with van der Waals surface area (Å²) in [6.07, 6.45) is 2.30. The molecule has 3 aromatic heterocycles. The number of pyridine rings is 2. The summed E-state index contributed by atoms with van der Waals surface area (Å²) in [6.45, 7) is 16.2. The third-order valence-corrected chi connectivity index (χ3v) is 8.88. The Hall–Kier alpha value is -4.85. The number of carbonyl (C=O) groups excluding carboxylic acids is 2. The maximum Gasteiger partial charge on any atom is 0.413 e. The molecule has 6 rings (SSSR count). The molecule has 0 spiro atoms. The van der Waals surface area contributed by atoms with Crippen molar-refractivity contribution in [2.75, 3.05) is 49.5 Å². The molecule has 0 unspecified atom stereocenters. The van der Waals surface area contributed by atoms with E-state index in [0.717, 1.165) is 12.8 Å². The first kappa shape index (κ1) is 36.0. The van der Waals surface area contributed by atoms with Gasteiger partial charge in [0.25, 0.3) is 0 Å². The molecule has 0 saturated carbocycles. The third kappa shape index (κ3) is 8.38. The Morgan fingerprint density at radius 3 is 2.12 bits per heavy atom. The van der Waals surface area contributed by atoms with Gasteiger partial charge in [0.1, 0.15) is 34.0 Å². The van der Waals surface area contributed by atoms with Gasteiger partial charge >= 0.3 is 12.2 Å². The van der Waals surface area contributed by atoms with Crippen LogP contribution in [0.4, 0.5) is 29.9 Å². The normalized spacial score (nSPS) is 16.4. The molecular formula is C37H46F2N8O4. The maximum atomic E-state index is 15.9. The molecule has 0 atom stereocenters. The van der Waals surface area contributed by atoms with Crippen LogP contribution in [0, 0.1) is 18.6 Å². The molecule has 51 heavy (non-hydrogen) atoms. The first-order valence-corrected chi connectivity index (χ1v) is 17.3. The minimum atomic E-state index is -0.665. The summed E-state index contributed by atoms with van der Waals surface area (Å²) < 4.78 is 44.2. The Kier molecular flexibility index (Phi) is 9.90. The van der Waals surface area contributed by atoms with Gasteiger partial charge in [-0.1, -0.05) is 0 Å². The Morgan fingerprint density at radius 2 is 1.49 bits per heavy atom. The van der Waals surface area contributed by atoms with Gasteiger partial charge in [-0.2, -0.15) is 0 Å². The number of fused-ring (bicyclic) bond motifs is 1. The van der Waals surface area contributed by atoms with E-state index in [1.54, 1.807) is 72.5 Å². The van der Waals surface area contributed by atoms with Crippen LogP contribution >= 0.6 is 0 Å². The van der Waals surface area contributed by atoms with Crippen molar-refractivity contribution in [1.29, 1.82) is 0 Å². The number of imidazole rings is 1. The number of rotatable bonds is 5. The van der Waals surface area contributed by atoms with Crippen molar-refractivity contribution < 1.29 is 27.8 Å². The van der Waals surface area contributed by atoms with E-state index >= 15 is 8.78 Å². The van der Waals surface area contributed by atoms with Crippen molar-refractivity contribution >= 4 is 34.9 Å². The zero-order chi connectivity index (χ0) is 36.7. The number of piperazine rings is 1. The molecule has 12 nitrogen and oxygen atoms in total. The largest absolute Gasteiger partial charge is 0.444 e. The highest BCUT2D eigenvalue weighted by Crippen LogP contribution is 2.32. The summed E-state index contributed by atoms with van der Waals surface area (Å²) in [5.41, 5.74) is 1.26. The number of ether oxygens (including phenoxy) is 2. The molecule has 2 amide bonds. The van der Waals surface area contributed by atoms with Crippen LogP contribution in [-0.4, -0.2) is 98.0 Å². The van der Waals surface area contributed by atoms with Crippen molar-refractivity contribution in [2.45, 2.75) is 78.6 Å². The van der Waals surface area contributed by atoms with Gasteiger partial charge in [0, 0.05) is 69.2 Å². The lowest BCUT2D eigenvalue weighted by atomic mass is 10.0. The number of amides is 2. The summed E-state index contributed by atoms with van der Waals surface area (Å²) in [6, 6.07) is 9.97. The van der Waals surface area contributed by atoms with Gasteiger partial charge in [-0.25, -0.2) is 33.3 Å². The minimum Gasteiger partial charge on any atom is -0.444 e. The lowest BCUT2D eigenvalue weighted by Gasteiger charge is -2.43. The number of nitrogens with zero attached hydrogens (tertiary/aromatic N) is 7. The van der Waals surface area contributed by atoms with Gasteiger partial charge in [0.05, 0.1) is 11.4 Å². The number of halogens is 2. The van der Waals surface area contributed by atoms with Crippen LogP contribution in [0.25, 0.3) is 28.1 Å².